The quantitative estimate of drug-likeness (QED) is 0.900. The van der Waals surface area contributed by atoms with Crippen LogP contribution in [0.5, 0.6) is 0 Å². The Bertz CT molecular complexity index is 543. The minimum atomic E-state index is 0.836. The summed E-state index contributed by atoms with van der Waals surface area (Å²) in [6, 6.07) is 2.18. The average molecular weight is 247 g/mol. The van der Waals surface area contributed by atoms with E-state index in [1.807, 2.05) is 0 Å². The molecule has 1 N–H and O–H groups in total. The maximum absolute atomic E-state index is 4.69. The smallest absolute Gasteiger partial charge is 0.138 e. The number of nitrogens with zero attached hydrogens (tertiary/aromatic N) is 2. The Kier molecular flexibility index (Phi) is 2.74. The number of hydrogen-bond acceptors (Lipinski definition) is 4. The second kappa shape index (κ2) is 4.26. The van der Waals surface area contributed by atoms with Gasteiger partial charge in [-0.3, -0.25) is 0 Å². The van der Waals surface area contributed by atoms with Crippen molar-refractivity contribution in [3.8, 4) is 0 Å². The molecular formula is C13H17N3S. The average Bonchev–Trinajstić information content (AvgIpc) is 2.99. The van der Waals surface area contributed by atoms with Gasteiger partial charge in [0.1, 0.15) is 16.5 Å². The van der Waals surface area contributed by atoms with Crippen molar-refractivity contribution in [3.63, 3.8) is 0 Å². The summed E-state index contributed by atoms with van der Waals surface area (Å²) in [4.78, 5) is 11.8. The molecule has 0 amide bonds. The topological polar surface area (TPSA) is 37.8 Å². The second-order valence-corrected chi connectivity index (χ2v) is 5.98. The van der Waals surface area contributed by atoms with E-state index >= 15 is 0 Å². The minimum Gasteiger partial charge on any atom is -0.370 e. The van der Waals surface area contributed by atoms with E-state index in [1.165, 1.54) is 23.1 Å². The van der Waals surface area contributed by atoms with Crippen molar-refractivity contribution < 1.29 is 0 Å². The van der Waals surface area contributed by atoms with Crippen LogP contribution in [0.1, 0.15) is 30.5 Å². The molecule has 0 radical (unpaired) electrons. The predicted molar refractivity (Wildman–Crippen MR) is 72.7 cm³/mol. The lowest BCUT2D eigenvalue weighted by atomic mass is 10.2. The van der Waals surface area contributed by atoms with Gasteiger partial charge in [-0.1, -0.05) is 0 Å². The van der Waals surface area contributed by atoms with Crippen LogP contribution in [0.3, 0.4) is 0 Å². The first-order chi connectivity index (χ1) is 8.26. The Balaban J connectivity index is 2.04. The first-order valence-electron chi connectivity index (χ1n) is 6.27. The van der Waals surface area contributed by atoms with Crippen LogP contribution in [0.15, 0.2) is 6.07 Å². The van der Waals surface area contributed by atoms with Crippen LogP contribution in [-0.4, -0.2) is 16.5 Å². The number of hydrogen-bond donors (Lipinski definition) is 1. The van der Waals surface area contributed by atoms with Crippen molar-refractivity contribution in [3.05, 3.63) is 16.8 Å². The largest absolute Gasteiger partial charge is 0.370 e. The summed E-state index contributed by atoms with van der Waals surface area (Å²) in [5.74, 6) is 2.86. The van der Waals surface area contributed by atoms with Crippen molar-refractivity contribution in [1.82, 2.24) is 9.97 Å². The standard InChI is InChI=1S/C13H17N3S/c1-3-14-12-10-6-8(2)17-13(10)16-11(15-12)7-9-4-5-9/h6,9H,3-5,7H2,1-2H3,(H,14,15,16). The Morgan fingerprint density at radius 2 is 2.24 bits per heavy atom. The van der Waals surface area contributed by atoms with Crippen LogP contribution in [0.4, 0.5) is 5.82 Å². The number of rotatable bonds is 4. The summed E-state index contributed by atoms with van der Waals surface area (Å²) in [6.07, 6.45) is 3.74. The number of thiophene rings is 1. The van der Waals surface area contributed by atoms with Gasteiger partial charge in [0, 0.05) is 17.8 Å². The zero-order chi connectivity index (χ0) is 11.8. The van der Waals surface area contributed by atoms with Gasteiger partial charge in [0.25, 0.3) is 0 Å². The molecule has 0 unspecified atom stereocenters. The Morgan fingerprint density at radius 1 is 1.41 bits per heavy atom. The van der Waals surface area contributed by atoms with Crippen LogP contribution in [-0.2, 0) is 6.42 Å². The zero-order valence-corrected chi connectivity index (χ0v) is 11.1. The number of aromatic nitrogens is 2. The molecular weight excluding hydrogens is 230 g/mol. The highest BCUT2D eigenvalue weighted by molar-refractivity contribution is 7.18. The molecule has 1 aliphatic carbocycles. The summed E-state index contributed by atoms with van der Waals surface area (Å²) in [5.41, 5.74) is 0. The fourth-order valence-electron chi connectivity index (χ4n) is 2.06. The Hall–Kier alpha value is -1.16. The van der Waals surface area contributed by atoms with E-state index in [4.69, 9.17) is 0 Å². The normalized spacial score (nSPS) is 15.4. The van der Waals surface area contributed by atoms with E-state index in [-0.39, 0.29) is 0 Å². The van der Waals surface area contributed by atoms with Gasteiger partial charge >= 0.3 is 0 Å². The van der Waals surface area contributed by atoms with E-state index in [2.05, 4.69) is 35.2 Å². The SMILES string of the molecule is CCNc1nc(CC2CC2)nc2sc(C)cc12. The van der Waals surface area contributed by atoms with Crippen LogP contribution >= 0.6 is 11.3 Å². The highest BCUT2D eigenvalue weighted by Crippen LogP contribution is 2.34. The van der Waals surface area contributed by atoms with Gasteiger partial charge < -0.3 is 5.32 Å². The van der Waals surface area contributed by atoms with E-state index in [0.29, 0.717) is 0 Å². The monoisotopic (exact) mass is 247 g/mol. The molecule has 1 saturated carbocycles. The zero-order valence-electron chi connectivity index (χ0n) is 10.3. The number of nitrogens with one attached hydrogen (secondary N) is 1. The predicted octanol–water partition coefficient (Wildman–Crippen LogP) is 3.38. The molecule has 0 spiro atoms. The number of fused-ring (bicyclic) bond motifs is 1. The molecule has 17 heavy (non-hydrogen) atoms. The number of anilines is 1. The van der Waals surface area contributed by atoms with Gasteiger partial charge in [-0.25, -0.2) is 9.97 Å². The minimum absolute atomic E-state index is 0.836. The molecule has 0 aliphatic heterocycles. The van der Waals surface area contributed by atoms with Gasteiger partial charge in [-0.2, -0.15) is 0 Å². The third kappa shape index (κ3) is 2.27. The molecule has 0 atom stereocenters. The molecule has 1 fully saturated rings. The Labute approximate surface area is 105 Å². The fraction of sp³-hybridized carbons (Fsp3) is 0.538. The van der Waals surface area contributed by atoms with Crippen LogP contribution in [0.2, 0.25) is 0 Å². The lowest BCUT2D eigenvalue weighted by Crippen LogP contribution is -2.04. The highest BCUT2D eigenvalue weighted by atomic mass is 32.1. The fourth-order valence-corrected chi connectivity index (χ4v) is 2.96. The molecule has 2 aromatic rings. The first kappa shape index (κ1) is 11.0. The summed E-state index contributed by atoms with van der Waals surface area (Å²) >= 11 is 1.76. The summed E-state index contributed by atoms with van der Waals surface area (Å²) in [6.45, 7) is 5.14. The van der Waals surface area contributed by atoms with Gasteiger partial charge in [0.05, 0.1) is 5.39 Å². The lowest BCUT2D eigenvalue weighted by molar-refractivity contribution is 0.777. The molecule has 3 rings (SSSR count). The molecule has 4 heteroatoms. The van der Waals surface area contributed by atoms with Crippen LogP contribution in [0.25, 0.3) is 10.2 Å². The molecule has 0 bridgehead atoms. The van der Waals surface area contributed by atoms with Crippen LogP contribution < -0.4 is 5.32 Å². The van der Waals surface area contributed by atoms with Gasteiger partial charge in [0.15, 0.2) is 0 Å². The second-order valence-electron chi connectivity index (χ2n) is 4.74. The van der Waals surface area contributed by atoms with Crippen LogP contribution in [0, 0.1) is 12.8 Å². The molecule has 90 valence electrons. The van der Waals surface area contributed by atoms with E-state index in [9.17, 15) is 0 Å². The van der Waals surface area contributed by atoms with Crippen molar-refractivity contribution in [2.45, 2.75) is 33.1 Å². The van der Waals surface area contributed by atoms with Crippen molar-refractivity contribution in [2.24, 2.45) is 5.92 Å². The van der Waals surface area contributed by atoms with E-state index in [0.717, 1.165) is 35.4 Å². The lowest BCUT2D eigenvalue weighted by Gasteiger charge is -2.06. The molecule has 2 aromatic heterocycles. The van der Waals surface area contributed by atoms with Gasteiger partial charge in [0.2, 0.25) is 0 Å². The third-order valence-corrected chi connectivity index (χ3v) is 4.02. The van der Waals surface area contributed by atoms with Crippen molar-refractivity contribution >= 4 is 27.4 Å². The molecule has 3 nitrogen and oxygen atoms in total. The third-order valence-electron chi connectivity index (χ3n) is 3.07. The van der Waals surface area contributed by atoms with E-state index < -0.39 is 0 Å². The summed E-state index contributed by atoms with van der Waals surface area (Å²) in [5, 5.41) is 4.53. The molecule has 2 heterocycles. The summed E-state index contributed by atoms with van der Waals surface area (Å²) in [7, 11) is 0. The maximum Gasteiger partial charge on any atom is 0.138 e. The van der Waals surface area contributed by atoms with Crippen molar-refractivity contribution in [1.29, 1.82) is 0 Å². The first-order valence-corrected chi connectivity index (χ1v) is 7.09. The van der Waals surface area contributed by atoms with E-state index in [1.54, 1.807) is 11.3 Å². The molecule has 1 aliphatic rings. The van der Waals surface area contributed by atoms with Gasteiger partial charge in [-0.05, 0) is 38.7 Å². The summed E-state index contributed by atoms with van der Waals surface area (Å²) < 4.78 is 0. The molecule has 0 aromatic carbocycles. The Morgan fingerprint density at radius 3 is 2.94 bits per heavy atom. The molecule has 0 saturated heterocycles. The maximum atomic E-state index is 4.69. The van der Waals surface area contributed by atoms with Crippen molar-refractivity contribution in [2.75, 3.05) is 11.9 Å². The number of aryl methyl sites for hydroxylation is 1. The highest BCUT2D eigenvalue weighted by Gasteiger charge is 2.23. The van der Waals surface area contributed by atoms with Gasteiger partial charge in [-0.15, -0.1) is 11.3 Å².